The summed E-state index contributed by atoms with van der Waals surface area (Å²) in [7, 11) is 0. The molecule has 0 spiro atoms. The molecule has 1 heterocycles. The van der Waals surface area contributed by atoms with E-state index in [1.807, 2.05) is 0 Å². The first-order chi connectivity index (χ1) is 7.16. The van der Waals surface area contributed by atoms with Crippen molar-refractivity contribution in [2.75, 3.05) is 17.2 Å². The molecule has 78 valence electrons. The third-order valence-corrected chi connectivity index (χ3v) is 2.25. The normalized spacial score (nSPS) is 14.5. The number of carbonyl (C=O) groups excluding carboxylic acids is 2. The minimum atomic E-state index is -0.503. The van der Waals surface area contributed by atoms with Crippen molar-refractivity contribution in [3.05, 3.63) is 23.8 Å². The fourth-order valence-corrected chi connectivity index (χ4v) is 1.48. The number of anilines is 2. The Morgan fingerprint density at radius 2 is 2.13 bits per heavy atom. The lowest BCUT2D eigenvalue weighted by molar-refractivity contribution is -0.115. The van der Waals surface area contributed by atoms with E-state index in [0.29, 0.717) is 24.2 Å². The van der Waals surface area contributed by atoms with Gasteiger partial charge < -0.3 is 16.4 Å². The third-order valence-electron chi connectivity index (χ3n) is 2.25. The highest BCUT2D eigenvalue weighted by atomic mass is 16.2. The van der Waals surface area contributed by atoms with Gasteiger partial charge in [0.1, 0.15) is 0 Å². The van der Waals surface area contributed by atoms with Crippen LogP contribution in [-0.4, -0.2) is 18.4 Å². The van der Waals surface area contributed by atoms with Crippen LogP contribution in [0.15, 0.2) is 18.2 Å². The Hall–Kier alpha value is -2.04. The minimum Gasteiger partial charge on any atom is -0.383 e. The predicted octanol–water partition coefficient (Wildman–Crippen LogP) is 0.540. The van der Waals surface area contributed by atoms with Crippen LogP contribution in [0.1, 0.15) is 16.8 Å². The number of nitrogens with two attached hydrogens (primary N) is 1. The maximum absolute atomic E-state index is 11.3. The number of carbonyl (C=O) groups is 2. The molecule has 2 rings (SSSR count). The van der Waals surface area contributed by atoms with Gasteiger partial charge in [0.15, 0.2) is 0 Å². The first kappa shape index (κ1) is 9.51. The molecule has 0 saturated carbocycles. The van der Waals surface area contributed by atoms with Gasteiger partial charge in [-0.1, -0.05) is 0 Å². The molecular weight excluding hydrogens is 194 g/mol. The molecule has 1 aliphatic heterocycles. The Labute approximate surface area is 86.6 Å². The Morgan fingerprint density at radius 3 is 2.87 bits per heavy atom. The fraction of sp³-hybridized carbons (Fsp3) is 0.200. The van der Waals surface area contributed by atoms with Gasteiger partial charge in [-0.15, -0.1) is 0 Å². The van der Waals surface area contributed by atoms with E-state index < -0.39 is 5.91 Å². The standard InChI is InChI=1S/C10H11N3O2/c11-10(15)6-1-2-7-8(5-6)13-9(14)3-4-12-7/h1-2,5,12H,3-4H2,(H2,11,15)(H,13,14). The summed E-state index contributed by atoms with van der Waals surface area (Å²) in [5.74, 6) is -0.570. The first-order valence-electron chi connectivity index (χ1n) is 4.64. The van der Waals surface area contributed by atoms with Crippen molar-refractivity contribution in [1.29, 1.82) is 0 Å². The fourth-order valence-electron chi connectivity index (χ4n) is 1.48. The molecule has 1 aromatic rings. The van der Waals surface area contributed by atoms with Gasteiger partial charge in [0.25, 0.3) is 0 Å². The van der Waals surface area contributed by atoms with Gasteiger partial charge >= 0.3 is 0 Å². The number of nitrogens with one attached hydrogen (secondary N) is 2. The molecule has 1 aromatic carbocycles. The molecule has 0 fully saturated rings. The van der Waals surface area contributed by atoms with Gasteiger partial charge in [0.2, 0.25) is 11.8 Å². The molecule has 0 saturated heterocycles. The Kier molecular flexibility index (Phi) is 2.29. The topological polar surface area (TPSA) is 84.2 Å². The lowest BCUT2D eigenvalue weighted by Gasteiger charge is -2.08. The second-order valence-corrected chi connectivity index (χ2v) is 3.35. The summed E-state index contributed by atoms with van der Waals surface area (Å²) in [6, 6.07) is 4.94. The van der Waals surface area contributed by atoms with Crippen LogP contribution in [0.2, 0.25) is 0 Å². The number of hydrogen-bond donors (Lipinski definition) is 3. The lowest BCUT2D eigenvalue weighted by Crippen LogP contribution is -2.13. The molecule has 0 radical (unpaired) electrons. The van der Waals surface area contributed by atoms with Gasteiger partial charge in [-0.3, -0.25) is 9.59 Å². The highest BCUT2D eigenvalue weighted by molar-refractivity contribution is 6.00. The number of fused-ring (bicyclic) bond motifs is 1. The van der Waals surface area contributed by atoms with Gasteiger partial charge in [-0.25, -0.2) is 0 Å². The summed E-state index contributed by atoms with van der Waals surface area (Å²) in [6.07, 6.45) is 0.417. The molecule has 1 aliphatic rings. The largest absolute Gasteiger partial charge is 0.383 e. The number of amides is 2. The molecule has 4 N–H and O–H groups in total. The van der Waals surface area contributed by atoms with Crippen LogP contribution < -0.4 is 16.4 Å². The molecule has 15 heavy (non-hydrogen) atoms. The molecule has 0 aliphatic carbocycles. The molecule has 2 amide bonds. The van der Waals surface area contributed by atoms with Crippen molar-refractivity contribution in [3.63, 3.8) is 0 Å². The Morgan fingerprint density at radius 1 is 1.33 bits per heavy atom. The van der Waals surface area contributed by atoms with Crippen LogP contribution in [0.25, 0.3) is 0 Å². The molecule has 5 nitrogen and oxygen atoms in total. The van der Waals surface area contributed by atoms with Crippen LogP contribution in [0.3, 0.4) is 0 Å². The van der Waals surface area contributed by atoms with Gasteiger partial charge in [0, 0.05) is 18.5 Å². The second kappa shape index (κ2) is 3.61. The number of primary amides is 1. The highest BCUT2D eigenvalue weighted by Gasteiger charge is 2.13. The highest BCUT2D eigenvalue weighted by Crippen LogP contribution is 2.25. The maximum Gasteiger partial charge on any atom is 0.248 e. The van der Waals surface area contributed by atoms with Crippen LogP contribution in [0.5, 0.6) is 0 Å². The van der Waals surface area contributed by atoms with Crippen LogP contribution in [0.4, 0.5) is 11.4 Å². The van der Waals surface area contributed by atoms with Crippen LogP contribution >= 0.6 is 0 Å². The van der Waals surface area contributed by atoms with Crippen molar-refractivity contribution in [2.24, 2.45) is 5.73 Å². The summed E-state index contributed by atoms with van der Waals surface area (Å²) in [6.45, 7) is 0.592. The van der Waals surface area contributed by atoms with Gasteiger partial charge in [-0.05, 0) is 18.2 Å². The third kappa shape index (κ3) is 1.90. The van der Waals surface area contributed by atoms with E-state index in [2.05, 4.69) is 10.6 Å². The monoisotopic (exact) mass is 205 g/mol. The van der Waals surface area contributed by atoms with E-state index in [1.54, 1.807) is 18.2 Å². The number of hydrogen-bond acceptors (Lipinski definition) is 3. The summed E-state index contributed by atoms with van der Waals surface area (Å²) in [5.41, 5.74) is 6.95. The van der Waals surface area contributed by atoms with Crippen LogP contribution in [-0.2, 0) is 4.79 Å². The van der Waals surface area contributed by atoms with E-state index in [1.165, 1.54) is 0 Å². The van der Waals surface area contributed by atoms with Crippen molar-refractivity contribution in [2.45, 2.75) is 6.42 Å². The minimum absolute atomic E-state index is 0.0668. The number of benzene rings is 1. The van der Waals surface area contributed by atoms with Gasteiger partial charge in [-0.2, -0.15) is 0 Å². The smallest absolute Gasteiger partial charge is 0.248 e. The molecular formula is C10H11N3O2. The molecule has 5 heteroatoms. The van der Waals surface area contributed by atoms with Gasteiger partial charge in [0.05, 0.1) is 11.4 Å². The van der Waals surface area contributed by atoms with Crippen molar-refractivity contribution in [3.8, 4) is 0 Å². The zero-order valence-electron chi connectivity index (χ0n) is 8.04. The summed E-state index contributed by atoms with van der Waals surface area (Å²) in [5, 5.41) is 5.79. The van der Waals surface area contributed by atoms with Crippen molar-refractivity contribution >= 4 is 23.2 Å². The quantitative estimate of drug-likeness (QED) is 0.625. The predicted molar refractivity (Wildman–Crippen MR) is 56.7 cm³/mol. The maximum atomic E-state index is 11.3. The summed E-state index contributed by atoms with van der Waals surface area (Å²) >= 11 is 0. The average Bonchev–Trinajstić information content (AvgIpc) is 2.37. The zero-order chi connectivity index (χ0) is 10.8. The number of rotatable bonds is 1. The van der Waals surface area contributed by atoms with Crippen molar-refractivity contribution < 1.29 is 9.59 Å². The SMILES string of the molecule is NC(=O)c1ccc2c(c1)NC(=O)CCN2. The average molecular weight is 205 g/mol. The molecule has 0 unspecified atom stereocenters. The van der Waals surface area contributed by atoms with Crippen molar-refractivity contribution in [1.82, 2.24) is 0 Å². The zero-order valence-corrected chi connectivity index (χ0v) is 8.04. The first-order valence-corrected chi connectivity index (χ1v) is 4.64. The van der Waals surface area contributed by atoms with Crippen LogP contribution in [0, 0.1) is 0 Å². The Balaban J connectivity index is 2.41. The van der Waals surface area contributed by atoms with E-state index in [4.69, 9.17) is 5.73 Å². The summed E-state index contributed by atoms with van der Waals surface area (Å²) in [4.78, 5) is 22.2. The molecule has 0 aromatic heterocycles. The van der Waals surface area contributed by atoms with E-state index in [9.17, 15) is 9.59 Å². The van der Waals surface area contributed by atoms with E-state index >= 15 is 0 Å². The lowest BCUT2D eigenvalue weighted by atomic mass is 10.1. The van der Waals surface area contributed by atoms with E-state index in [-0.39, 0.29) is 5.91 Å². The molecule has 0 bridgehead atoms. The Bertz CT molecular complexity index is 429. The molecule has 0 atom stereocenters. The van der Waals surface area contributed by atoms with E-state index in [0.717, 1.165) is 5.69 Å². The second-order valence-electron chi connectivity index (χ2n) is 3.35. The summed E-state index contributed by atoms with van der Waals surface area (Å²) < 4.78 is 0.